The Morgan fingerprint density at radius 2 is 1.49 bits per heavy atom. The van der Waals surface area contributed by atoms with E-state index < -0.39 is 23.9 Å². The van der Waals surface area contributed by atoms with E-state index in [0.717, 1.165) is 38.9 Å². The number of rotatable bonds is 13. The first kappa shape index (κ1) is 37.1. The van der Waals surface area contributed by atoms with Crippen LogP contribution in [0.25, 0.3) is 10.9 Å². The van der Waals surface area contributed by atoms with E-state index in [1.165, 1.54) is 0 Å². The zero-order valence-corrected chi connectivity index (χ0v) is 29.8. The number of nitrogens with one attached hydrogen (secondary N) is 3. The molecule has 0 spiro atoms. The first-order valence-electron chi connectivity index (χ1n) is 18.3. The second kappa shape index (κ2) is 18.7. The average Bonchev–Trinajstić information content (AvgIpc) is 3.59. The summed E-state index contributed by atoms with van der Waals surface area (Å²) in [6.07, 6.45) is 7.78. The lowest BCUT2D eigenvalue weighted by molar-refractivity contribution is -0.150. The van der Waals surface area contributed by atoms with Crippen molar-refractivity contribution in [3.8, 4) is 5.75 Å². The molecular weight excluding hydrogens is 666 g/mol. The zero-order chi connectivity index (χ0) is 36.8. The number of aromatic amines is 1. The monoisotopic (exact) mass is 713 g/mol. The van der Waals surface area contributed by atoms with Gasteiger partial charge in [0.15, 0.2) is 0 Å². The third-order valence-corrected chi connectivity index (χ3v) is 9.62. The number of esters is 1. The molecule has 4 unspecified atom stereocenters. The minimum atomic E-state index is -0.667. The Hall–Kier alpha value is -5.67. The molecule has 0 fully saturated rings. The molecular formula is C44H47N3O6. The Balaban J connectivity index is 1.11. The van der Waals surface area contributed by atoms with E-state index in [4.69, 9.17) is 9.47 Å². The fourth-order valence-corrected chi connectivity index (χ4v) is 6.72. The molecule has 6 rings (SSSR count). The van der Waals surface area contributed by atoms with Gasteiger partial charge in [0, 0.05) is 23.5 Å². The summed E-state index contributed by atoms with van der Waals surface area (Å²) in [5.74, 6) is -1.26. The van der Waals surface area contributed by atoms with Crippen LogP contribution in [-0.4, -0.2) is 53.2 Å². The van der Waals surface area contributed by atoms with E-state index in [9.17, 15) is 19.5 Å². The summed E-state index contributed by atoms with van der Waals surface area (Å²) in [4.78, 5) is 43.9. The van der Waals surface area contributed by atoms with E-state index in [2.05, 4.69) is 15.6 Å². The second-order valence-electron chi connectivity index (χ2n) is 13.7. The molecule has 0 radical (unpaired) electrons. The van der Waals surface area contributed by atoms with Gasteiger partial charge in [-0.1, -0.05) is 103 Å². The number of fused-ring (bicyclic) bond motifs is 1. The minimum Gasteiger partial charge on any atom is -0.489 e. The number of cyclic esters (lactones) is 1. The lowest BCUT2D eigenvalue weighted by Crippen LogP contribution is -2.46. The van der Waals surface area contributed by atoms with Gasteiger partial charge in [-0.2, -0.15) is 0 Å². The molecule has 0 bridgehead atoms. The normalized spacial score (nSPS) is 18.6. The van der Waals surface area contributed by atoms with Gasteiger partial charge in [0.25, 0.3) is 0 Å². The maximum absolute atomic E-state index is 13.8. The average molecular weight is 714 g/mol. The first-order valence-corrected chi connectivity index (χ1v) is 18.3. The van der Waals surface area contributed by atoms with Gasteiger partial charge in [-0.05, 0) is 72.6 Å². The van der Waals surface area contributed by atoms with Crippen molar-refractivity contribution in [1.29, 1.82) is 0 Å². The highest BCUT2D eigenvalue weighted by Gasteiger charge is 2.28. The van der Waals surface area contributed by atoms with E-state index in [0.29, 0.717) is 38.7 Å². The van der Waals surface area contributed by atoms with E-state index in [1.54, 1.807) is 0 Å². The summed E-state index contributed by atoms with van der Waals surface area (Å²) in [7, 11) is 0. The summed E-state index contributed by atoms with van der Waals surface area (Å²) in [6.45, 7) is 0.207. The number of allylic oxidation sites excluding steroid dienone is 2. The van der Waals surface area contributed by atoms with Crippen molar-refractivity contribution in [2.75, 3.05) is 13.2 Å². The number of carbonyl (C=O) groups excluding carboxylic acids is 3. The molecule has 1 aliphatic heterocycles. The van der Waals surface area contributed by atoms with Crippen molar-refractivity contribution in [2.24, 2.45) is 11.8 Å². The molecule has 1 aromatic heterocycles. The largest absolute Gasteiger partial charge is 0.489 e. The minimum absolute atomic E-state index is 0.000667. The van der Waals surface area contributed by atoms with Gasteiger partial charge in [0.1, 0.15) is 19.0 Å². The number of ether oxygens (including phenoxy) is 2. The fraction of sp³-hybridized carbons (Fsp3) is 0.295. The van der Waals surface area contributed by atoms with Crippen LogP contribution in [0.5, 0.6) is 5.75 Å². The van der Waals surface area contributed by atoms with Gasteiger partial charge in [-0.3, -0.25) is 14.4 Å². The van der Waals surface area contributed by atoms with Gasteiger partial charge in [-0.25, -0.2) is 0 Å². The number of para-hydroxylation sites is 1. The van der Waals surface area contributed by atoms with Crippen LogP contribution in [0.1, 0.15) is 41.5 Å². The van der Waals surface area contributed by atoms with E-state index in [1.807, 2.05) is 128 Å². The smallest absolute Gasteiger partial charge is 0.309 e. The Morgan fingerprint density at radius 1 is 0.811 bits per heavy atom. The molecule has 0 aliphatic carbocycles. The number of aliphatic hydroxyl groups is 1. The highest BCUT2D eigenvalue weighted by molar-refractivity contribution is 5.87. The van der Waals surface area contributed by atoms with Crippen LogP contribution in [0.4, 0.5) is 0 Å². The van der Waals surface area contributed by atoms with Crippen molar-refractivity contribution >= 4 is 28.7 Å². The van der Waals surface area contributed by atoms with E-state index >= 15 is 0 Å². The predicted molar refractivity (Wildman–Crippen MR) is 205 cm³/mol. The van der Waals surface area contributed by atoms with Crippen LogP contribution in [0.2, 0.25) is 0 Å². The van der Waals surface area contributed by atoms with Gasteiger partial charge in [-0.15, -0.1) is 0 Å². The number of benzene rings is 4. The topological polar surface area (TPSA) is 130 Å². The Bertz CT molecular complexity index is 1960. The summed E-state index contributed by atoms with van der Waals surface area (Å²) in [6, 6.07) is 34.3. The number of amides is 2. The van der Waals surface area contributed by atoms with Gasteiger partial charge in [0.2, 0.25) is 11.8 Å². The molecule has 9 nitrogen and oxygen atoms in total. The second-order valence-corrected chi connectivity index (χ2v) is 13.7. The maximum atomic E-state index is 13.8. The molecule has 9 heteroatoms. The third-order valence-electron chi connectivity index (χ3n) is 9.62. The van der Waals surface area contributed by atoms with Crippen LogP contribution in [0.15, 0.2) is 128 Å². The zero-order valence-electron chi connectivity index (χ0n) is 29.8. The summed E-state index contributed by atoms with van der Waals surface area (Å²) < 4.78 is 11.8. The van der Waals surface area contributed by atoms with E-state index in [-0.39, 0.29) is 37.4 Å². The number of carbonyl (C=O) groups is 3. The quantitative estimate of drug-likeness (QED) is 0.0844. The van der Waals surface area contributed by atoms with Gasteiger partial charge < -0.3 is 30.2 Å². The Kier molecular flexibility index (Phi) is 13.1. The molecule has 0 saturated heterocycles. The van der Waals surface area contributed by atoms with Gasteiger partial charge >= 0.3 is 5.97 Å². The molecule has 2 amide bonds. The number of aromatic nitrogens is 1. The molecule has 4 atom stereocenters. The molecule has 2 heterocycles. The Labute approximate surface area is 310 Å². The highest BCUT2D eigenvalue weighted by Crippen LogP contribution is 2.22. The highest BCUT2D eigenvalue weighted by atomic mass is 16.5. The van der Waals surface area contributed by atoms with Crippen LogP contribution in [0.3, 0.4) is 0 Å². The Morgan fingerprint density at radius 3 is 2.23 bits per heavy atom. The van der Waals surface area contributed by atoms with Crippen molar-refractivity contribution in [3.05, 3.63) is 150 Å². The van der Waals surface area contributed by atoms with Crippen molar-refractivity contribution < 1.29 is 29.0 Å². The molecule has 5 aromatic rings. The lowest BCUT2D eigenvalue weighted by atomic mass is 9.94. The number of aliphatic hydroxyl groups excluding tert-OH is 1. The van der Waals surface area contributed by atoms with Crippen LogP contribution in [-0.2, 0) is 45.0 Å². The summed E-state index contributed by atoms with van der Waals surface area (Å²) in [5, 5.41) is 17.3. The van der Waals surface area contributed by atoms with Crippen molar-refractivity contribution in [1.82, 2.24) is 15.6 Å². The molecule has 0 saturated carbocycles. The summed E-state index contributed by atoms with van der Waals surface area (Å²) >= 11 is 0. The third kappa shape index (κ3) is 10.9. The molecule has 1 aliphatic rings. The number of hydrogen-bond donors (Lipinski definition) is 4. The molecule has 4 N–H and O–H groups in total. The molecule has 4 aromatic carbocycles. The lowest BCUT2D eigenvalue weighted by Gasteiger charge is -2.25. The molecule has 274 valence electrons. The van der Waals surface area contributed by atoms with Crippen LogP contribution in [0, 0.1) is 11.8 Å². The van der Waals surface area contributed by atoms with Gasteiger partial charge in [0.05, 0.1) is 30.5 Å². The number of H-pyrrole nitrogens is 1. The van der Waals surface area contributed by atoms with Crippen LogP contribution < -0.4 is 15.4 Å². The van der Waals surface area contributed by atoms with Crippen LogP contribution >= 0.6 is 0 Å². The maximum Gasteiger partial charge on any atom is 0.309 e. The summed E-state index contributed by atoms with van der Waals surface area (Å²) in [5.41, 5.74) is 5.02. The number of hydrogen-bond acceptors (Lipinski definition) is 6. The predicted octanol–water partition coefficient (Wildman–Crippen LogP) is 6.25. The fourth-order valence-electron chi connectivity index (χ4n) is 6.72. The van der Waals surface area contributed by atoms with Crippen molar-refractivity contribution in [2.45, 2.75) is 57.2 Å². The first-order chi connectivity index (χ1) is 25.9. The van der Waals surface area contributed by atoms with Crippen molar-refractivity contribution in [3.63, 3.8) is 0 Å². The molecule has 53 heavy (non-hydrogen) atoms. The SMILES string of the molecule is O=C(CC1CC=CCC(Cc2ccccc2)C(=O)OCC(Cc2c[nH]c3ccccc23)NC1=O)NC(CO)Cc1ccc(OCc2ccccc2)cc1. The standard InChI is InChI=1S/C44H47N3O6/c48-28-37(24-32-19-21-39(22-20-32)52-29-33-13-5-2-6-14-33)46-42(49)26-34-15-7-8-16-35(23-31-11-3-1-4-12-31)44(51)53-30-38(47-43(34)50)25-36-27-45-41-18-10-9-17-40(36)41/h1-14,17-22,27,34-35,37-38,45,48H,15-16,23-26,28-30H2,(H,46,49)(H,47,50).